The summed E-state index contributed by atoms with van der Waals surface area (Å²) in [6, 6.07) is 4.42. The fourth-order valence-corrected chi connectivity index (χ4v) is 1.78. The predicted molar refractivity (Wildman–Crippen MR) is 84.0 cm³/mol. The zero-order chi connectivity index (χ0) is 17.2. The van der Waals surface area contributed by atoms with E-state index in [1.807, 2.05) is 0 Å². The minimum atomic E-state index is -0.538. The summed E-state index contributed by atoms with van der Waals surface area (Å²) in [5.41, 5.74) is 0.908. The molecule has 0 aliphatic carbocycles. The van der Waals surface area contributed by atoms with Crippen LogP contribution in [0, 0.1) is 0 Å². The van der Waals surface area contributed by atoms with Crippen molar-refractivity contribution < 1.29 is 28.6 Å². The molecule has 0 radical (unpaired) electrons. The van der Waals surface area contributed by atoms with Gasteiger partial charge in [0.15, 0.2) is 0 Å². The van der Waals surface area contributed by atoms with E-state index in [1.165, 1.54) is 30.4 Å². The lowest BCUT2D eigenvalue weighted by atomic mass is 10.0. The molecule has 0 aliphatic rings. The van der Waals surface area contributed by atoms with Gasteiger partial charge in [-0.05, 0) is 50.6 Å². The summed E-state index contributed by atoms with van der Waals surface area (Å²) in [4.78, 5) is 35.2. The maximum absolute atomic E-state index is 12.0. The van der Waals surface area contributed by atoms with E-state index >= 15 is 0 Å². The van der Waals surface area contributed by atoms with E-state index in [2.05, 4.69) is 0 Å². The Kier molecular flexibility index (Phi) is 7.53. The maximum Gasteiger partial charge on any atom is 0.338 e. The Labute approximate surface area is 135 Å². The number of rotatable bonds is 7. The normalized spacial score (nSPS) is 10.4. The van der Waals surface area contributed by atoms with Crippen LogP contribution < -0.4 is 0 Å². The van der Waals surface area contributed by atoms with Crippen molar-refractivity contribution in [2.45, 2.75) is 20.8 Å². The van der Waals surface area contributed by atoms with Crippen molar-refractivity contribution in [1.29, 1.82) is 0 Å². The molecule has 0 spiro atoms. The number of carbonyl (C=O) groups excluding carboxylic acids is 3. The molecule has 6 nitrogen and oxygen atoms in total. The van der Waals surface area contributed by atoms with Crippen LogP contribution in [0.2, 0.25) is 0 Å². The van der Waals surface area contributed by atoms with Crippen molar-refractivity contribution in [2.24, 2.45) is 0 Å². The van der Waals surface area contributed by atoms with Gasteiger partial charge in [-0.25, -0.2) is 14.4 Å². The van der Waals surface area contributed by atoms with Crippen molar-refractivity contribution in [3.8, 4) is 0 Å². The Balaban J connectivity index is 3.17. The minimum Gasteiger partial charge on any atom is -0.463 e. The zero-order valence-corrected chi connectivity index (χ0v) is 13.5. The van der Waals surface area contributed by atoms with Crippen LogP contribution in [0.3, 0.4) is 0 Å². The highest BCUT2D eigenvalue weighted by molar-refractivity contribution is 5.98. The lowest BCUT2D eigenvalue weighted by Crippen LogP contribution is -2.10. The molecule has 0 amide bonds. The van der Waals surface area contributed by atoms with E-state index in [4.69, 9.17) is 14.2 Å². The van der Waals surface area contributed by atoms with Crippen LogP contribution in [-0.4, -0.2) is 37.7 Å². The first-order chi connectivity index (χ1) is 11.0. The first-order valence-electron chi connectivity index (χ1n) is 7.36. The largest absolute Gasteiger partial charge is 0.463 e. The summed E-state index contributed by atoms with van der Waals surface area (Å²) in [6.45, 7) is 5.80. The SMILES string of the molecule is CCOC(=O)/C=C/c1cc(C(=O)OCC)ccc1C(=O)OCC. The highest BCUT2D eigenvalue weighted by Crippen LogP contribution is 2.16. The number of benzene rings is 1. The smallest absolute Gasteiger partial charge is 0.338 e. The number of esters is 3. The van der Waals surface area contributed by atoms with E-state index in [-0.39, 0.29) is 30.9 Å². The van der Waals surface area contributed by atoms with E-state index in [0.29, 0.717) is 5.56 Å². The molecule has 1 aromatic rings. The van der Waals surface area contributed by atoms with Gasteiger partial charge in [0.25, 0.3) is 0 Å². The van der Waals surface area contributed by atoms with Gasteiger partial charge in [-0.3, -0.25) is 0 Å². The monoisotopic (exact) mass is 320 g/mol. The van der Waals surface area contributed by atoms with Crippen molar-refractivity contribution in [3.63, 3.8) is 0 Å². The highest BCUT2D eigenvalue weighted by atomic mass is 16.5. The molecule has 0 unspecified atom stereocenters. The van der Waals surface area contributed by atoms with Gasteiger partial charge in [0.2, 0.25) is 0 Å². The van der Waals surface area contributed by atoms with Crippen molar-refractivity contribution >= 4 is 24.0 Å². The van der Waals surface area contributed by atoms with Crippen LogP contribution in [-0.2, 0) is 19.0 Å². The van der Waals surface area contributed by atoms with Gasteiger partial charge in [0.1, 0.15) is 0 Å². The Morgan fingerprint density at radius 1 is 0.913 bits per heavy atom. The molecule has 0 saturated carbocycles. The molecule has 0 aliphatic heterocycles. The minimum absolute atomic E-state index is 0.222. The van der Waals surface area contributed by atoms with Gasteiger partial charge in [-0.2, -0.15) is 0 Å². The molecule has 0 fully saturated rings. The molecule has 0 saturated heterocycles. The third-order valence-electron chi connectivity index (χ3n) is 2.74. The number of hydrogen-bond donors (Lipinski definition) is 0. The summed E-state index contributed by atoms with van der Waals surface area (Å²) in [5, 5.41) is 0. The fourth-order valence-electron chi connectivity index (χ4n) is 1.78. The number of hydrogen-bond acceptors (Lipinski definition) is 6. The molecule has 1 aromatic carbocycles. The highest BCUT2D eigenvalue weighted by Gasteiger charge is 2.15. The van der Waals surface area contributed by atoms with Crippen LogP contribution >= 0.6 is 0 Å². The quantitative estimate of drug-likeness (QED) is 0.436. The molecule has 23 heavy (non-hydrogen) atoms. The standard InChI is InChI=1S/C17H20O6/c1-4-21-15(18)10-8-12-11-13(16(19)22-5-2)7-9-14(12)17(20)23-6-3/h7-11H,4-6H2,1-3H3/b10-8+. The molecule has 124 valence electrons. The second-order valence-corrected chi connectivity index (χ2v) is 4.33. The van der Waals surface area contributed by atoms with Gasteiger partial charge in [0, 0.05) is 6.08 Å². The molecule has 6 heteroatoms. The second kappa shape index (κ2) is 9.40. The van der Waals surface area contributed by atoms with Gasteiger partial charge < -0.3 is 14.2 Å². The topological polar surface area (TPSA) is 78.9 Å². The van der Waals surface area contributed by atoms with Gasteiger partial charge in [0.05, 0.1) is 30.9 Å². The summed E-state index contributed by atoms with van der Waals surface area (Å²) >= 11 is 0. The van der Waals surface area contributed by atoms with Gasteiger partial charge >= 0.3 is 17.9 Å². The van der Waals surface area contributed by atoms with E-state index in [9.17, 15) is 14.4 Å². The lowest BCUT2D eigenvalue weighted by molar-refractivity contribution is -0.137. The average molecular weight is 320 g/mol. The molecule has 0 aromatic heterocycles. The molecule has 1 rings (SSSR count). The molecule has 0 atom stereocenters. The second-order valence-electron chi connectivity index (χ2n) is 4.33. The zero-order valence-electron chi connectivity index (χ0n) is 13.5. The first kappa shape index (κ1) is 18.4. The average Bonchev–Trinajstić information content (AvgIpc) is 2.53. The molecular formula is C17H20O6. The fraction of sp³-hybridized carbons (Fsp3) is 0.353. The molecule has 0 bridgehead atoms. The van der Waals surface area contributed by atoms with Crippen molar-refractivity contribution in [1.82, 2.24) is 0 Å². The Morgan fingerprint density at radius 2 is 1.52 bits per heavy atom. The van der Waals surface area contributed by atoms with Crippen molar-refractivity contribution in [3.05, 3.63) is 41.0 Å². The van der Waals surface area contributed by atoms with Crippen LogP contribution in [0.15, 0.2) is 24.3 Å². The first-order valence-corrected chi connectivity index (χ1v) is 7.36. The maximum atomic E-state index is 12.0. The lowest BCUT2D eigenvalue weighted by Gasteiger charge is -2.08. The number of carbonyl (C=O) groups is 3. The van der Waals surface area contributed by atoms with Crippen LogP contribution in [0.1, 0.15) is 47.1 Å². The Morgan fingerprint density at radius 3 is 2.13 bits per heavy atom. The van der Waals surface area contributed by atoms with Crippen LogP contribution in [0.5, 0.6) is 0 Å². The summed E-state index contributed by atoms with van der Waals surface area (Å²) in [6.07, 6.45) is 2.60. The predicted octanol–water partition coefficient (Wildman–Crippen LogP) is 2.62. The van der Waals surface area contributed by atoms with Crippen molar-refractivity contribution in [2.75, 3.05) is 19.8 Å². The van der Waals surface area contributed by atoms with Gasteiger partial charge in [-0.1, -0.05) is 0 Å². The van der Waals surface area contributed by atoms with E-state index in [0.717, 1.165) is 0 Å². The number of ether oxygens (including phenoxy) is 3. The van der Waals surface area contributed by atoms with E-state index < -0.39 is 17.9 Å². The van der Waals surface area contributed by atoms with Crippen LogP contribution in [0.4, 0.5) is 0 Å². The third-order valence-corrected chi connectivity index (χ3v) is 2.74. The van der Waals surface area contributed by atoms with Gasteiger partial charge in [-0.15, -0.1) is 0 Å². The molecular weight excluding hydrogens is 300 g/mol. The molecule has 0 heterocycles. The summed E-state index contributed by atoms with van der Waals surface area (Å²) < 4.78 is 14.7. The Hall–Kier alpha value is -2.63. The van der Waals surface area contributed by atoms with Crippen LogP contribution in [0.25, 0.3) is 6.08 Å². The van der Waals surface area contributed by atoms with E-state index in [1.54, 1.807) is 20.8 Å². The summed E-state index contributed by atoms with van der Waals surface area (Å²) in [7, 11) is 0. The summed E-state index contributed by atoms with van der Waals surface area (Å²) in [5.74, 6) is -1.58. The molecule has 0 N–H and O–H groups in total. The Bertz CT molecular complexity index is 603. The third kappa shape index (κ3) is 5.58.